The van der Waals surface area contributed by atoms with Crippen LogP contribution in [0.4, 0.5) is 4.39 Å². The van der Waals surface area contributed by atoms with Gasteiger partial charge in [0, 0.05) is 22.4 Å². The first kappa shape index (κ1) is 12.4. The number of hydrogen-bond donors (Lipinski definition) is 2. The van der Waals surface area contributed by atoms with Gasteiger partial charge in [0.2, 0.25) is 0 Å². The summed E-state index contributed by atoms with van der Waals surface area (Å²) in [6.07, 6.45) is 1.56. The van der Waals surface area contributed by atoms with Crippen molar-refractivity contribution in [2.75, 3.05) is 0 Å². The third-order valence-corrected chi connectivity index (χ3v) is 4.59. The van der Waals surface area contributed by atoms with Crippen molar-refractivity contribution in [2.45, 2.75) is 6.61 Å². The first-order valence-electron chi connectivity index (χ1n) is 6.32. The minimum atomic E-state index is -0.399. The van der Waals surface area contributed by atoms with E-state index in [0.717, 1.165) is 10.1 Å². The lowest BCUT2D eigenvalue weighted by atomic mass is 10.0. The highest BCUT2D eigenvalue weighted by Gasteiger charge is 2.15. The molecular weight excluding hydrogens is 291 g/mol. The van der Waals surface area contributed by atoms with Crippen LogP contribution in [0.3, 0.4) is 0 Å². The van der Waals surface area contributed by atoms with Crippen LogP contribution in [0, 0.1) is 5.82 Å². The largest absolute Gasteiger partial charge is 0.389 e. The molecule has 2 heterocycles. The molecule has 0 saturated heterocycles. The number of rotatable bonds is 1. The van der Waals surface area contributed by atoms with Crippen molar-refractivity contribution in [3.05, 3.63) is 51.6 Å². The molecule has 0 aliphatic heterocycles. The SMILES string of the molecule is O=c1[nH]ccc2c3sc(CO)nc3c3ccc(F)cc3c12. The van der Waals surface area contributed by atoms with Crippen LogP contribution < -0.4 is 5.56 Å². The maximum absolute atomic E-state index is 13.6. The summed E-state index contributed by atoms with van der Waals surface area (Å²) in [4.78, 5) is 19.2. The molecule has 0 amide bonds. The molecule has 4 nitrogen and oxygen atoms in total. The molecule has 0 bridgehead atoms. The molecule has 0 fully saturated rings. The maximum atomic E-state index is 13.6. The summed E-state index contributed by atoms with van der Waals surface area (Å²) in [5, 5.41) is 12.3. The zero-order chi connectivity index (χ0) is 14.6. The molecule has 2 N–H and O–H groups in total. The Morgan fingerprint density at radius 1 is 1.24 bits per heavy atom. The fraction of sp³-hybridized carbons (Fsp3) is 0.0667. The van der Waals surface area contributed by atoms with E-state index in [4.69, 9.17) is 0 Å². The first-order chi connectivity index (χ1) is 10.2. The molecule has 0 unspecified atom stereocenters. The van der Waals surface area contributed by atoms with E-state index in [-0.39, 0.29) is 12.2 Å². The van der Waals surface area contributed by atoms with Gasteiger partial charge in [-0.25, -0.2) is 9.37 Å². The minimum absolute atomic E-state index is 0.160. The smallest absolute Gasteiger partial charge is 0.256 e. The number of aliphatic hydroxyl groups excluding tert-OH is 1. The molecule has 0 saturated carbocycles. The number of benzene rings is 2. The number of nitrogens with zero attached hydrogens (tertiary/aromatic N) is 1. The molecule has 104 valence electrons. The summed E-state index contributed by atoms with van der Waals surface area (Å²) in [5.41, 5.74) is 0.432. The van der Waals surface area contributed by atoms with E-state index < -0.39 is 5.82 Å². The van der Waals surface area contributed by atoms with Crippen molar-refractivity contribution in [3.8, 4) is 0 Å². The average molecular weight is 300 g/mol. The summed E-state index contributed by atoms with van der Waals surface area (Å²) in [6.45, 7) is -0.160. The number of halogens is 1. The Balaban J connectivity index is 2.41. The van der Waals surface area contributed by atoms with Crippen LogP contribution in [0.25, 0.3) is 31.8 Å². The summed E-state index contributed by atoms with van der Waals surface area (Å²) in [7, 11) is 0. The Bertz CT molecular complexity index is 1070. The topological polar surface area (TPSA) is 66.0 Å². The van der Waals surface area contributed by atoms with Gasteiger partial charge in [-0.05, 0) is 24.3 Å². The molecule has 0 aliphatic rings. The Kier molecular flexibility index (Phi) is 2.57. The summed E-state index contributed by atoms with van der Waals surface area (Å²) < 4.78 is 14.4. The van der Waals surface area contributed by atoms with Crippen LogP contribution in [0.5, 0.6) is 0 Å². The van der Waals surface area contributed by atoms with Crippen molar-refractivity contribution in [1.82, 2.24) is 9.97 Å². The van der Waals surface area contributed by atoms with Gasteiger partial charge < -0.3 is 10.1 Å². The van der Waals surface area contributed by atoms with Gasteiger partial charge in [0.05, 0.1) is 22.2 Å². The highest BCUT2D eigenvalue weighted by Crippen LogP contribution is 2.36. The highest BCUT2D eigenvalue weighted by molar-refractivity contribution is 7.19. The lowest BCUT2D eigenvalue weighted by Crippen LogP contribution is -2.05. The third-order valence-electron chi connectivity index (χ3n) is 3.52. The zero-order valence-corrected chi connectivity index (χ0v) is 11.5. The number of nitrogens with one attached hydrogen (secondary N) is 1. The second-order valence-electron chi connectivity index (χ2n) is 4.73. The fourth-order valence-corrected chi connectivity index (χ4v) is 3.63. The van der Waals surface area contributed by atoms with Gasteiger partial charge in [-0.2, -0.15) is 0 Å². The van der Waals surface area contributed by atoms with Crippen molar-refractivity contribution in [2.24, 2.45) is 0 Å². The van der Waals surface area contributed by atoms with E-state index in [1.165, 1.54) is 23.5 Å². The normalized spacial score (nSPS) is 11.7. The average Bonchev–Trinajstić information content (AvgIpc) is 2.91. The Morgan fingerprint density at radius 2 is 2.10 bits per heavy atom. The van der Waals surface area contributed by atoms with Crippen molar-refractivity contribution in [1.29, 1.82) is 0 Å². The molecule has 0 atom stereocenters. The minimum Gasteiger partial charge on any atom is -0.389 e. The number of fused-ring (bicyclic) bond motifs is 6. The van der Waals surface area contributed by atoms with Crippen LogP contribution >= 0.6 is 11.3 Å². The van der Waals surface area contributed by atoms with E-state index in [1.807, 2.05) is 0 Å². The molecule has 6 heteroatoms. The van der Waals surface area contributed by atoms with Crippen LogP contribution in [0.15, 0.2) is 35.3 Å². The molecule has 4 rings (SSSR count). The van der Waals surface area contributed by atoms with Gasteiger partial charge in [0.25, 0.3) is 5.56 Å². The van der Waals surface area contributed by atoms with Crippen molar-refractivity contribution in [3.63, 3.8) is 0 Å². The van der Waals surface area contributed by atoms with E-state index in [1.54, 1.807) is 18.3 Å². The lowest BCUT2D eigenvalue weighted by Gasteiger charge is -2.05. The predicted octanol–water partition coefficient (Wildman–Crippen LogP) is 2.92. The van der Waals surface area contributed by atoms with Gasteiger partial charge >= 0.3 is 0 Å². The summed E-state index contributed by atoms with van der Waals surface area (Å²) >= 11 is 1.35. The number of pyridine rings is 1. The van der Waals surface area contributed by atoms with Gasteiger partial charge in [-0.1, -0.05) is 0 Å². The second-order valence-corrected chi connectivity index (χ2v) is 5.81. The fourth-order valence-electron chi connectivity index (χ4n) is 2.66. The molecule has 0 spiro atoms. The van der Waals surface area contributed by atoms with E-state index in [9.17, 15) is 14.3 Å². The third kappa shape index (κ3) is 1.69. The quantitative estimate of drug-likeness (QED) is 0.531. The molecular formula is C15H9FN2O2S. The molecule has 4 aromatic rings. The van der Waals surface area contributed by atoms with Gasteiger partial charge in [0.15, 0.2) is 0 Å². The first-order valence-corrected chi connectivity index (χ1v) is 7.13. The van der Waals surface area contributed by atoms with E-state index in [0.29, 0.717) is 26.7 Å². The molecule has 0 aliphatic carbocycles. The molecule has 0 radical (unpaired) electrons. The number of hydrogen-bond acceptors (Lipinski definition) is 4. The number of aromatic nitrogens is 2. The predicted molar refractivity (Wildman–Crippen MR) is 81.1 cm³/mol. The van der Waals surface area contributed by atoms with Gasteiger partial charge in [0.1, 0.15) is 10.8 Å². The molecule has 2 aromatic heterocycles. The number of thiazole rings is 1. The molecule has 21 heavy (non-hydrogen) atoms. The molecule has 2 aromatic carbocycles. The summed E-state index contributed by atoms with van der Waals surface area (Å²) in [6, 6.07) is 6.11. The second kappa shape index (κ2) is 4.34. The van der Waals surface area contributed by atoms with Crippen LogP contribution in [0.2, 0.25) is 0 Å². The van der Waals surface area contributed by atoms with Gasteiger partial charge in [-0.3, -0.25) is 4.79 Å². The number of H-pyrrole nitrogens is 1. The zero-order valence-electron chi connectivity index (χ0n) is 10.7. The number of aromatic amines is 1. The van der Waals surface area contributed by atoms with Crippen molar-refractivity contribution >= 4 is 43.1 Å². The lowest BCUT2D eigenvalue weighted by molar-refractivity contribution is 0.281. The number of aliphatic hydroxyl groups is 1. The van der Waals surface area contributed by atoms with Crippen LogP contribution in [-0.2, 0) is 6.61 Å². The Morgan fingerprint density at radius 3 is 2.90 bits per heavy atom. The van der Waals surface area contributed by atoms with E-state index >= 15 is 0 Å². The highest BCUT2D eigenvalue weighted by atomic mass is 32.1. The van der Waals surface area contributed by atoms with Crippen LogP contribution in [-0.4, -0.2) is 15.1 Å². The van der Waals surface area contributed by atoms with E-state index in [2.05, 4.69) is 9.97 Å². The van der Waals surface area contributed by atoms with Crippen LogP contribution in [0.1, 0.15) is 5.01 Å². The van der Waals surface area contributed by atoms with Crippen molar-refractivity contribution < 1.29 is 9.50 Å². The monoisotopic (exact) mass is 300 g/mol. The maximum Gasteiger partial charge on any atom is 0.256 e. The standard InChI is InChI=1S/C15H9FN2O2S/c16-7-1-2-8-10(5-7)12-9(3-4-17-15(12)20)14-13(8)18-11(6-19)21-14/h1-5,19H,6H2,(H,17,20). The van der Waals surface area contributed by atoms with Gasteiger partial charge in [-0.15, -0.1) is 11.3 Å². The summed E-state index contributed by atoms with van der Waals surface area (Å²) in [5.74, 6) is -0.399. The Hall–Kier alpha value is -2.31. The Labute approximate surface area is 121 Å².